The van der Waals surface area contributed by atoms with Gasteiger partial charge in [0.1, 0.15) is 17.9 Å². The van der Waals surface area contributed by atoms with Gasteiger partial charge in [0.15, 0.2) is 11.5 Å². The smallest absolute Gasteiger partial charge is 0.231 e. The van der Waals surface area contributed by atoms with Gasteiger partial charge in [-0.15, -0.1) is 12.4 Å². The maximum atomic E-state index is 6.06. The van der Waals surface area contributed by atoms with Crippen LogP contribution in [-0.2, 0) is 6.61 Å². The minimum Gasteiger partial charge on any atom is -0.487 e. The van der Waals surface area contributed by atoms with Gasteiger partial charge >= 0.3 is 0 Å². The van der Waals surface area contributed by atoms with Gasteiger partial charge in [0.2, 0.25) is 6.79 Å². The van der Waals surface area contributed by atoms with Gasteiger partial charge < -0.3 is 14.2 Å². The van der Waals surface area contributed by atoms with Gasteiger partial charge in [-0.25, -0.2) is 0 Å². The van der Waals surface area contributed by atoms with E-state index in [0.29, 0.717) is 6.61 Å². The number of ether oxygens (including phenoxy) is 3. The zero-order valence-corrected chi connectivity index (χ0v) is 15.8. The zero-order valence-electron chi connectivity index (χ0n) is 15.0. The SMILES string of the molecule is Cl.c1ccc(COc2ccc(-c3ccc4c(c3)OCO4)c3cccnc23)cc1. The molecule has 2 heterocycles. The fourth-order valence-electron chi connectivity index (χ4n) is 3.31. The average molecular weight is 392 g/mol. The first-order valence-electron chi connectivity index (χ1n) is 8.83. The van der Waals surface area contributed by atoms with Gasteiger partial charge in [0.05, 0.1) is 0 Å². The largest absolute Gasteiger partial charge is 0.487 e. The van der Waals surface area contributed by atoms with Crippen molar-refractivity contribution in [1.29, 1.82) is 0 Å². The van der Waals surface area contributed by atoms with Crippen molar-refractivity contribution in [3.63, 3.8) is 0 Å². The normalized spacial score (nSPS) is 11.9. The molecule has 0 aliphatic carbocycles. The van der Waals surface area contributed by atoms with E-state index in [1.807, 2.05) is 48.5 Å². The van der Waals surface area contributed by atoms with Crippen LogP contribution in [0.4, 0.5) is 0 Å². The molecule has 4 nitrogen and oxygen atoms in total. The van der Waals surface area contributed by atoms with E-state index < -0.39 is 0 Å². The molecule has 0 saturated carbocycles. The number of nitrogens with zero attached hydrogens (tertiary/aromatic N) is 1. The predicted octanol–water partition coefficient (Wildman–Crippen LogP) is 5.63. The zero-order chi connectivity index (χ0) is 18.1. The topological polar surface area (TPSA) is 40.6 Å². The molecule has 0 unspecified atom stereocenters. The summed E-state index contributed by atoms with van der Waals surface area (Å²) in [5, 5.41) is 1.04. The number of aromatic nitrogens is 1. The van der Waals surface area contributed by atoms with Crippen molar-refractivity contribution in [2.45, 2.75) is 6.61 Å². The van der Waals surface area contributed by atoms with E-state index in [1.54, 1.807) is 6.20 Å². The highest BCUT2D eigenvalue weighted by Gasteiger charge is 2.16. The van der Waals surface area contributed by atoms with Crippen LogP contribution in [0.25, 0.3) is 22.0 Å². The molecule has 0 N–H and O–H groups in total. The van der Waals surface area contributed by atoms with Gasteiger partial charge in [0.25, 0.3) is 0 Å². The minimum absolute atomic E-state index is 0. The van der Waals surface area contributed by atoms with E-state index >= 15 is 0 Å². The van der Waals surface area contributed by atoms with Crippen LogP contribution < -0.4 is 14.2 Å². The Labute approximate surface area is 169 Å². The van der Waals surface area contributed by atoms with E-state index in [-0.39, 0.29) is 19.2 Å². The van der Waals surface area contributed by atoms with Crippen LogP contribution in [0.15, 0.2) is 79.0 Å². The summed E-state index contributed by atoms with van der Waals surface area (Å²) in [6.45, 7) is 0.781. The molecule has 140 valence electrons. The van der Waals surface area contributed by atoms with Gasteiger partial charge in [-0.1, -0.05) is 42.5 Å². The first-order chi connectivity index (χ1) is 13.4. The third-order valence-corrected chi connectivity index (χ3v) is 4.65. The van der Waals surface area contributed by atoms with Crippen molar-refractivity contribution >= 4 is 23.3 Å². The Morgan fingerprint density at radius 1 is 0.857 bits per heavy atom. The second-order valence-electron chi connectivity index (χ2n) is 6.35. The Kier molecular flexibility index (Phi) is 5.04. The lowest BCUT2D eigenvalue weighted by molar-refractivity contribution is 0.174. The monoisotopic (exact) mass is 391 g/mol. The Morgan fingerprint density at radius 2 is 1.71 bits per heavy atom. The maximum Gasteiger partial charge on any atom is 0.231 e. The van der Waals surface area contributed by atoms with E-state index in [1.165, 1.54) is 0 Å². The van der Waals surface area contributed by atoms with E-state index in [9.17, 15) is 0 Å². The predicted molar refractivity (Wildman–Crippen MR) is 111 cm³/mol. The number of fused-ring (bicyclic) bond motifs is 2. The molecule has 4 aromatic rings. The van der Waals surface area contributed by atoms with Crippen LogP contribution in [-0.4, -0.2) is 11.8 Å². The second kappa shape index (κ2) is 7.79. The molecule has 0 amide bonds. The Balaban J connectivity index is 0.00000192. The first kappa shape index (κ1) is 18.1. The molecule has 3 aromatic carbocycles. The Bertz CT molecular complexity index is 1120. The number of pyridine rings is 1. The molecule has 0 radical (unpaired) electrons. The van der Waals surface area contributed by atoms with E-state index in [2.05, 4.69) is 29.2 Å². The summed E-state index contributed by atoms with van der Waals surface area (Å²) in [5.74, 6) is 2.33. The van der Waals surface area contributed by atoms with Gasteiger partial charge in [-0.3, -0.25) is 4.98 Å². The number of hydrogen-bond acceptors (Lipinski definition) is 4. The summed E-state index contributed by atoms with van der Waals surface area (Å²) in [6.07, 6.45) is 1.79. The van der Waals surface area contributed by atoms with Crippen molar-refractivity contribution < 1.29 is 14.2 Å². The molecular formula is C23H18ClNO3. The molecule has 0 fully saturated rings. The third-order valence-electron chi connectivity index (χ3n) is 4.65. The molecule has 5 heteroatoms. The number of halogens is 1. The van der Waals surface area contributed by atoms with Crippen LogP contribution in [0.5, 0.6) is 17.2 Å². The van der Waals surface area contributed by atoms with Crippen molar-refractivity contribution in [2.75, 3.05) is 6.79 Å². The summed E-state index contributed by atoms with van der Waals surface area (Å²) in [4.78, 5) is 4.57. The number of rotatable bonds is 4. The third kappa shape index (κ3) is 3.35. The summed E-state index contributed by atoms with van der Waals surface area (Å²) >= 11 is 0. The van der Waals surface area contributed by atoms with Crippen LogP contribution in [0.2, 0.25) is 0 Å². The molecule has 1 aromatic heterocycles. The molecule has 1 aliphatic rings. The fourth-order valence-corrected chi connectivity index (χ4v) is 3.31. The molecule has 5 rings (SSSR count). The standard InChI is InChI=1S/C23H17NO3.ClH/c1-2-5-16(6-3-1)14-25-21-11-9-18(19-7-4-12-24-23(19)21)17-8-10-20-22(13-17)27-15-26-20;/h1-13H,14-15H2;1H. The van der Waals surface area contributed by atoms with Crippen molar-refractivity contribution in [2.24, 2.45) is 0 Å². The number of benzene rings is 3. The van der Waals surface area contributed by atoms with E-state index in [4.69, 9.17) is 14.2 Å². The fraction of sp³-hybridized carbons (Fsp3) is 0.0870. The molecule has 0 spiro atoms. The van der Waals surface area contributed by atoms with Crippen LogP contribution in [0.1, 0.15) is 5.56 Å². The molecular weight excluding hydrogens is 374 g/mol. The molecule has 28 heavy (non-hydrogen) atoms. The summed E-state index contributed by atoms with van der Waals surface area (Å²) in [5.41, 5.74) is 4.13. The summed E-state index contributed by atoms with van der Waals surface area (Å²) in [6, 6.07) is 24.2. The quantitative estimate of drug-likeness (QED) is 0.452. The molecule has 0 bridgehead atoms. The van der Waals surface area contributed by atoms with Crippen molar-refractivity contribution in [1.82, 2.24) is 4.98 Å². The lowest BCUT2D eigenvalue weighted by Crippen LogP contribution is -1.97. The van der Waals surface area contributed by atoms with Crippen LogP contribution >= 0.6 is 12.4 Å². The van der Waals surface area contributed by atoms with Gasteiger partial charge in [-0.05, 0) is 47.0 Å². The van der Waals surface area contributed by atoms with Crippen LogP contribution in [0.3, 0.4) is 0 Å². The Hall–Kier alpha value is -3.24. The van der Waals surface area contributed by atoms with Crippen molar-refractivity contribution in [3.05, 3.63) is 84.6 Å². The summed E-state index contributed by atoms with van der Waals surface area (Å²) in [7, 11) is 0. The average Bonchev–Trinajstić information content (AvgIpc) is 3.20. The highest BCUT2D eigenvalue weighted by Crippen LogP contribution is 2.39. The molecule has 0 atom stereocenters. The van der Waals surface area contributed by atoms with Crippen LogP contribution in [0, 0.1) is 0 Å². The first-order valence-corrected chi connectivity index (χ1v) is 8.83. The van der Waals surface area contributed by atoms with Gasteiger partial charge in [-0.2, -0.15) is 0 Å². The van der Waals surface area contributed by atoms with Crippen molar-refractivity contribution in [3.8, 4) is 28.4 Å². The van der Waals surface area contributed by atoms with E-state index in [0.717, 1.165) is 44.8 Å². The Morgan fingerprint density at radius 3 is 2.61 bits per heavy atom. The lowest BCUT2D eigenvalue weighted by atomic mass is 9.99. The lowest BCUT2D eigenvalue weighted by Gasteiger charge is -2.12. The maximum absolute atomic E-state index is 6.06. The minimum atomic E-state index is 0. The molecule has 0 saturated heterocycles. The summed E-state index contributed by atoms with van der Waals surface area (Å²) < 4.78 is 17.0. The second-order valence-corrected chi connectivity index (χ2v) is 6.35. The number of hydrogen-bond donors (Lipinski definition) is 0. The highest BCUT2D eigenvalue weighted by atomic mass is 35.5. The molecule has 1 aliphatic heterocycles. The highest BCUT2D eigenvalue weighted by molar-refractivity contribution is 5.98. The van der Waals surface area contributed by atoms with Gasteiger partial charge in [0, 0.05) is 11.6 Å².